The Morgan fingerprint density at radius 3 is 2.78 bits per heavy atom. The Labute approximate surface area is 113 Å². The number of hydrogen-bond donors (Lipinski definition) is 1. The molecule has 0 fully saturated rings. The highest BCUT2D eigenvalue weighted by Gasteiger charge is 2.00. The van der Waals surface area contributed by atoms with E-state index >= 15 is 0 Å². The van der Waals surface area contributed by atoms with Gasteiger partial charge in [0, 0.05) is 12.8 Å². The van der Waals surface area contributed by atoms with Gasteiger partial charge in [0.05, 0.1) is 25.5 Å². The van der Waals surface area contributed by atoms with Crippen molar-refractivity contribution in [2.45, 2.75) is 20.5 Å². The molecule has 0 saturated heterocycles. The van der Waals surface area contributed by atoms with E-state index in [1.165, 1.54) is 0 Å². The highest BCUT2D eigenvalue weighted by Crippen LogP contribution is 2.03. The van der Waals surface area contributed by atoms with Crippen LogP contribution in [0.1, 0.15) is 25.1 Å². The second kappa shape index (κ2) is 8.13. The van der Waals surface area contributed by atoms with Gasteiger partial charge >= 0.3 is 0 Å². The average Bonchev–Trinajstić information content (AvgIpc) is 2.33. The molecule has 1 aromatic heterocycles. The molecule has 0 radical (unpaired) electrons. The highest BCUT2D eigenvalue weighted by molar-refractivity contribution is 7.80. The minimum absolute atomic E-state index is 0.303. The molecule has 1 aromatic rings. The summed E-state index contributed by atoms with van der Waals surface area (Å²) in [5.41, 5.74) is 7.15. The Bertz CT molecular complexity index is 383. The summed E-state index contributed by atoms with van der Waals surface area (Å²) in [4.78, 5) is 4.37. The molecule has 0 amide bonds. The van der Waals surface area contributed by atoms with E-state index in [-0.39, 0.29) is 0 Å². The molecule has 0 aliphatic carbocycles. The van der Waals surface area contributed by atoms with Crippen molar-refractivity contribution in [2.75, 3.05) is 19.8 Å². The largest absolute Gasteiger partial charge is 0.388 e. The Morgan fingerprint density at radius 1 is 1.39 bits per heavy atom. The fourth-order valence-corrected chi connectivity index (χ4v) is 1.44. The molecule has 0 aromatic carbocycles. The van der Waals surface area contributed by atoms with E-state index in [0.717, 1.165) is 12.2 Å². The van der Waals surface area contributed by atoms with Crippen molar-refractivity contribution in [3.05, 3.63) is 29.6 Å². The van der Waals surface area contributed by atoms with Crippen LogP contribution in [0.2, 0.25) is 0 Å². The van der Waals surface area contributed by atoms with E-state index < -0.39 is 0 Å². The van der Waals surface area contributed by atoms with Crippen LogP contribution < -0.4 is 5.73 Å². The van der Waals surface area contributed by atoms with E-state index in [4.69, 9.17) is 27.4 Å². The summed E-state index contributed by atoms with van der Waals surface area (Å²) in [7, 11) is 0. The van der Waals surface area contributed by atoms with Crippen LogP contribution >= 0.6 is 12.2 Å². The third-order valence-corrected chi connectivity index (χ3v) is 2.38. The monoisotopic (exact) mass is 268 g/mol. The second-order valence-electron chi connectivity index (χ2n) is 4.43. The maximum absolute atomic E-state index is 5.51. The molecule has 0 unspecified atom stereocenters. The topological polar surface area (TPSA) is 57.4 Å². The number of thiocarbonyl (C=S) groups is 1. The lowest BCUT2D eigenvalue weighted by Gasteiger charge is -2.08. The third kappa shape index (κ3) is 6.05. The van der Waals surface area contributed by atoms with Crippen LogP contribution in [0.5, 0.6) is 0 Å². The predicted octanol–water partition coefficient (Wildman–Crippen LogP) is 1.91. The normalized spacial score (nSPS) is 10.8. The first kappa shape index (κ1) is 15.0. The molecule has 0 saturated carbocycles. The number of hydrogen-bond acceptors (Lipinski definition) is 4. The molecule has 1 heterocycles. The van der Waals surface area contributed by atoms with E-state index in [1.54, 1.807) is 6.20 Å². The van der Waals surface area contributed by atoms with Crippen molar-refractivity contribution in [3.63, 3.8) is 0 Å². The number of rotatable bonds is 8. The van der Waals surface area contributed by atoms with Crippen LogP contribution in [0.15, 0.2) is 18.3 Å². The fourth-order valence-electron chi connectivity index (χ4n) is 1.33. The molecule has 0 spiro atoms. The molecule has 4 nitrogen and oxygen atoms in total. The molecule has 18 heavy (non-hydrogen) atoms. The predicted molar refractivity (Wildman–Crippen MR) is 75.4 cm³/mol. The first-order chi connectivity index (χ1) is 8.59. The summed E-state index contributed by atoms with van der Waals surface area (Å²) in [5.74, 6) is 0.554. The molecule has 2 N–H and O–H groups in total. The van der Waals surface area contributed by atoms with Gasteiger partial charge in [-0.15, -0.1) is 0 Å². The van der Waals surface area contributed by atoms with Crippen LogP contribution in [0, 0.1) is 5.92 Å². The van der Waals surface area contributed by atoms with Gasteiger partial charge in [0.1, 0.15) is 4.99 Å². The van der Waals surface area contributed by atoms with Crippen LogP contribution in [-0.2, 0) is 16.1 Å². The minimum Gasteiger partial charge on any atom is -0.388 e. The Balaban J connectivity index is 2.23. The number of pyridine rings is 1. The summed E-state index contributed by atoms with van der Waals surface area (Å²) in [6.45, 7) is 6.72. The second-order valence-corrected chi connectivity index (χ2v) is 4.87. The van der Waals surface area contributed by atoms with Gasteiger partial charge in [0.2, 0.25) is 0 Å². The lowest BCUT2D eigenvalue weighted by molar-refractivity contribution is 0.0314. The highest BCUT2D eigenvalue weighted by atomic mass is 32.1. The molecular formula is C13H20N2O2S. The molecule has 0 aliphatic rings. The van der Waals surface area contributed by atoms with Gasteiger partial charge in [-0.1, -0.05) is 26.1 Å². The molecule has 0 bridgehead atoms. The zero-order chi connectivity index (χ0) is 13.4. The van der Waals surface area contributed by atoms with Crippen molar-refractivity contribution in [3.8, 4) is 0 Å². The fraction of sp³-hybridized carbons (Fsp3) is 0.538. The number of aromatic nitrogens is 1. The van der Waals surface area contributed by atoms with Crippen LogP contribution in [0.25, 0.3) is 0 Å². The lowest BCUT2D eigenvalue weighted by atomic mass is 10.2. The number of nitrogens with two attached hydrogens (primary N) is 1. The van der Waals surface area contributed by atoms with Crippen molar-refractivity contribution in [1.82, 2.24) is 4.98 Å². The van der Waals surface area contributed by atoms with Crippen molar-refractivity contribution >= 4 is 17.2 Å². The first-order valence-electron chi connectivity index (χ1n) is 6.00. The molecule has 0 atom stereocenters. The number of ether oxygens (including phenoxy) is 2. The van der Waals surface area contributed by atoms with Gasteiger partial charge in [-0.05, 0) is 23.6 Å². The van der Waals surface area contributed by atoms with Gasteiger partial charge in [-0.2, -0.15) is 0 Å². The van der Waals surface area contributed by atoms with Gasteiger partial charge in [-0.3, -0.25) is 4.98 Å². The van der Waals surface area contributed by atoms with Crippen LogP contribution in [0.4, 0.5) is 0 Å². The van der Waals surface area contributed by atoms with Crippen molar-refractivity contribution < 1.29 is 9.47 Å². The molecule has 0 aliphatic heterocycles. The van der Waals surface area contributed by atoms with Crippen LogP contribution in [-0.4, -0.2) is 29.8 Å². The standard InChI is InChI=1S/C13H20N2O2S/c1-10(2)8-16-5-6-17-9-11-3-4-15-12(7-11)13(14)18/h3-4,7,10H,5-6,8-9H2,1-2H3,(H2,14,18). The number of nitrogens with zero attached hydrogens (tertiary/aromatic N) is 1. The molecule has 5 heteroatoms. The maximum Gasteiger partial charge on any atom is 0.122 e. The molecule has 1 rings (SSSR count). The Kier molecular flexibility index (Phi) is 6.78. The summed E-state index contributed by atoms with van der Waals surface area (Å²) < 4.78 is 10.9. The summed E-state index contributed by atoms with van der Waals surface area (Å²) >= 11 is 4.87. The Morgan fingerprint density at radius 2 is 2.11 bits per heavy atom. The van der Waals surface area contributed by atoms with Gasteiger partial charge in [0.25, 0.3) is 0 Å². The van der Waals surface area contributed by atoms with Gasteiger partial charge in [-0.25, -0.2) is 0 Å². The maximum atomic E-state index is 5.51. The zero-order valence-electron chi connectivity index (χ0n) is 10.9. The molecular weight excluding hydrogens is 248 g/mol. The van der Waals surface area contributed by atoms with E-state index in [0.29, 0.717) is 36.4 Å². The third-order valence-electron chi connectivity index (χ3n) is 2.17. The van der Waals surface area contributed by atoms with Crippen LogP contribution in [0.3, 0.4) is 0 Å². The van der Waals surface area contributed by atoms with E-state index in [1.807, 2.05) is 12.1 Å². The first-order valence-corrected chi connectivity index (χ1v) is 6.40. The lowest BCUT2D eigenvalue weighted by Crippen LogP contribution is -2.12. The minimum atomic E-state index is 0.303. The summed E-state index contributed by atoms with van der Waals surface area (Å²) in [6, 6.07) is 3.73. The average molecular weight is 268 g/mol. The van der Waals surface area contributed by atoms with Gasteiger partial charge < -0.3 is 15.2 Å². The molecule has 100 valence electrons. The van der Waals surface area contributed by atoms with Crippen molar-refractivity contribution in [1.29, 1.82) is 0 Å². The smallest absolute Gasteiger partial charge is 0.122 e. The summed E-state index contributed by atoms with van der Waals surface area (Å²) in [5, 5.41) is 0. The SMILES string of the molecule is CC(C)COCCOCc1ccnc(C(N)=S)c1. The quantitative estimate of drug-likeness (QED) is 0.576. The summed E-state index contributed by atoms with van der Waals surface area (Å²) in [6.07, 6.45) is 1.68. The van der Waals surface area contributed by atoms with E-state index in [9.17, 15) is 0 Å². The van der Waals surface area contributed by atoms with E-state index in [2.05, 4.69) is 18.8 Å². The van der Waals surface area contributed by atoms with Crippen molar-refractivity contribution in [2.24, 2.45) is 11.7 Å². The zero-order valence-corrected chi connectivity index (χ0v) is 11.7. The van der Waals surface area contributed by atoms with Gasteiger partial charge in [0.15, 0.2) is 0 Å². The Hall–Kier alpha value is -1.04.